The summed E-state index contributed by atoms with van der Waals surface area (Å²) in [6.45, 7) is 3.42. The van der Waals surface area contributed by atoms with Crippen LogP contribution >= 0.6 is 15.9 Å². The van der Waals surface area contributed by atoms with Crippen molar-refractivity contribution in [3.63, 3.8) is 0 Å². The third-order valence-electron chi connectivity index (χ3n) is 0.499. The van der Waals surface area contributed by atoms with Gasteiger partial charge in [0.1, 0.15) is 0 Å². The van der Waals surface area contributed by atoms with Gasteiger partial charge in [0.2, 0.25) is 0 Å². The molecule has 0 aromatic heterocycles. The normalized spacial score (nSPS) is 13.8. The van der Waals surface area contributed by atoms with E-state index in [1.165, 1.54) is 0 Å². The molecule has 0 aromatic carbocycles. The van der Waals surface area contributed by atoms with E-state index in [9.17, 15) is 0 Å². The number of halogens is 1. The van der Waals surface area contributed by atoms with Crippen molar-refractivity contribution in [3.05, 3.63) is 10.2 Å². The van der Waals surface area contributed by atoms with Gasteiger partial charge < -0.3 is 5.11 Å². The first kappa shape index (κ1) is 6.02. The molecule has 0 amide bonds. The van der Waals surface area contributed by atoms with E-state index in [0.717, 1.165) is 4.48 Å². The maximum atomic E-state index is 8.46. The molecule has 0 fully saturated rings. The number of rotatable bonds is 0. The second kappa shape index (κ2) is 2.24. The Labute approximate surface area is 45.8 Å². The van der Waals surface area contributed by atoms with Crippen LogP contribution in [-0.4, -0.2) is 5.11 Å². The minimum atomic E-state index is 0.343. The summed E-state index contributed by atoms with van der Waals surface area (Å²) in [5, 5.41) is 8.46. The van der Waals surface area contributed by atoms with Crippen LogP contribution in [-0.2, 0) is 0 Å². The smallest absolute Gasteiger partial charge is 0.0989 e. The fraction of sp³-hybridized carbons (Fsp3) is 0.500. The minimum absolute atomic E-state index is 0.343. The number of hydrogen-bond acceptors (Lipinski definition) is 1. The van der Waals surface area contributed by atoms with Gasteiger partial charge in [-0.3, -0.25) is 0 Å². The van der Waals surface area contributed by atoms with Gasteiger partial charge in [-0.25, -0.2) is 0 Å². The van der Waals surface area contributed by atoms with Crippen molar-refractivity contribution in [2.45, 2.75) is 13.8 Å². The van der Waals surface area contributed by atoms with Crippen LogP contribution in [0.1, 0.15) is 13.8 Å². The van der Waals surface area contributed by atoms with E-state index >= 15 is 0 Å². The lowest BCUT2D eigenvalue weighted by molar-refractivity contribution is 0.412. The Hall–Kier alpha value is 0.0200. The zero-order valence-corrected chi connectivity index (χ0v) is 5.41. The molecule has 6 heavy (non-hydrogen) atoms. The van der Waals surface area contributed by atoms with Crippen molar-refractivity contribution in [2.75, 3.05) is 0 Å². The van der Waals surface area contributed by atoms with Gasteiger partial charge in [0.15, 0.2) is 0 Å². The van der Waals surface area contributed by atoms with E-state index in [2.05, 4.69) is 15.9 Å². The number of allylic oxidation sites excluding steroid dienone is 2. The van der Waals surface area contributed by atoms with Gasteiger partial charge in [-0.05, 0) is 13.8 Å². The van der Waals surface area contributed by atoms with Gasteiger partial charge >= 0.3 is 0 Å². The highest BCUT2D eigenvalue weighted by atomic mass is 79.9. The average Bonchev–Trinajstić information content (AvgIpc) is 1.36. The highest BCUT2D eigenvalue weighted by Gasteiger charge is 1.81. The summed E-state index contributed by atoms with van der Waals surface area (Å²) in [4.78, 5) is 0. The van der Waals surface area contributed by atoms with Gasteiger partial charge in [0, 0.05) is 4.48 Å². The summed E-state index contributed by atoms with van der Waals surface area (Å²) in [5.41, 5.74) is 0. The molecular formula is C4H7BrO. The molecule has 0 spiro atoms. The summed E-state index contributed by atoms with van der Waals surface area (Å²) < 4.78 is 0.794. The number of hydrogen-bond donors (Lipinski definition) is 1. The second-order valence-corrected chi connectivity index (χ2v) is 2.31. The number of aliphatic hydroxyl groups excluding tert-OH is 1. The molecule has 0 saturated carbocycles. The van der Waals surface area contributed by atoms with Gasteiger partial charge in [0.25, 0.3) is 0 Å². The molecule has 0 rings (SSSR count). The first-order valence-electron chi connectivity index (χ1n) is 1.66. The van der Waals surface area contributed by atoms with Crippen LogP contribution in [0.5, 0.6) is 0 Å². The third-order valence-corrected chi connectivity index (χ3v) is 1.07. The lowest BCUT2D eigenvalue weighted by Gasteiger charge is -1.85. The third kappa shape index (κ3) is 2.27. The lowest BCUT2D eigenvalue weighted by atomic mass is 10.5. The summed E-state index contributed by atoms with van der Waals surface area (Å²) in [7, 11) is 0. The molecule has 0 saturated heterocycles. The molecule has 2 heteroatoms. The Morgan fingerprint density at radius 1 is 1.50 bits per heavy atom. The molecule has 0 atom stereocenters. The summed E-state index contributed by atoms with van der Waals surface area (Å²) in [5.74, 6) is 0.343. The standard InChI is InChI=1S/C4H7BrO/c1-3(5)4(2)6/h6H,1-2H3. The minimum Gasteiger partial charge on any atom is -0.512 e. The Bertz CT molecular complexity index is 57.6. The topological polar surface area (TPSA) is 20.2 Å². The summed E-state index contributed by atoms with van der Waals surface area (Å²) in [6.07, 6.45) is 0. The van der Waals surface area contributed by atoms with Gasteiger partial charge in [0.05, 0.1) is 5.76 Å². The van der Waals surface area contributed by atoms with Crippen molar-refractivity contribution in [3.8, 4) is 0 Å². The molecule has 0 aliphatic rings. The van der Waals surface area contributed by atoms with E-state index < -0.39 is 0 Å². The molecule has 0 aliphatic carbocycles. The van der Waals surface area contributed by atoms with Crippen LogP contribution in [0.15, 0.2) is 10.2 Å². The predicted molar refractivity (Wildman–Crippen MR) is 29.9 cm³/mol. The monoisotopic (exact) mass is 150 g/mol. The van der Waals surface area contributed by atoms with E-state index in [-0.39, 0.29) is 0 Å². The van der Waals surface area contributed by atoms with Crippen LogP contribution in [0.3, 0.4) is 0 Å². The van der Waals surface area contributed by atoms with Crippen molar-refractivity contribution in [2.24, 2.45) is 0 Å². The molecule has 1 N–H and O–H groups in total. The predicted octanol–water partition coefficient (Wildman–Crippen LogP) is 2.19. The van der Waals surface area contributed by atoms with E-state index in [0.29, 0.717) is 5.76 Å². The van der Waals surface area contributed by atoms with Crippen LogP contribution in [0.2, 0.25) is 0 Å². The Kier molecular flexibility index (Phi) is 2.25. The van der Waals surface area contributed by atoms with Crippen molar-refractivity contribution < 1.29 is 5.11 Å². The Morgan fingerprint density at radius 2 is 1.67 bits per heavy atom. The largest absolute Gasteiger partial charge is 0.512 e. The molecular weight excluding hydrogens is 144 g/mol. The molecule has 0 aromatic rings. The van der Waals surface area contributed by atoms with E-state index in [1.54, 1.807) is 13.8 Å². The van der Waals surface area contributed by atoms with Crippen LogP contribution in [0.25, 0.3) is 0 Å². The SMILES string of the molecule is CC(O)=C(C)Br. The van der Waals surface area contributed by atoms with Crippen molar-refractivity contribution in [1.82, 2.24) is 0 Å². The highest BCUT2D eigenvalue weighted by Crippen LogP contribution is 2.05. The fourth-order valence-electron chi connectivity index (χ4n) is 0. The Morgan fingerprint density at radius 3 is 1.67 bits per heavy atom. The maximum Gasteiger partial charge on any atom is 0.0989 e. The molecule has 36 valence electrons. The second-order valence-electron chi connectivity index (χ2n) is 1.12. The average molecular weight is 151 g/mol. The van der Waals surface area contributed by atoms with Gasteiger partial charge in [-0.15, -0.1) is 0 Å². The van der Waals surface area contributed by atoms with E-state index in [4.69, 9.17) is 5.11 Å². The van der Waals surface area contributed by atoms with Gasteiger partial charge in [-0.1, -0.05) is 15.9 Å². The maximum absolute atomic E-state index is 8.46. The van der Waals surface area contributed by atoms with Crippen LogP contribution in [0, 0.1) is 0 Å². The molecule has 0 heterocycles. The van der Waals surface area contributed by atoms with Crippen molar-refractivity contribution in [1.29, 1.82) is 0 Å². The quantitative estimate of drug-likeness (QED) is 0.526. The lowest BCUT2D eigenvalue weighted by Crippen LogP contribution is -1.68. The first-order valence-corrected chi connectivity index (χ1v) is 2.46. The number of aliphatic hydroxyl groups is 1. The fourth-order valence-corrected chi connectivity index (χ4v) is 0. The summed E-state index contributed by atoms with van der Waals surface area (Å²) >= 11 is 3.07. The molecule has 0 aliphatic heterocycles. The zero-order valence-electron chi connectivity index (χ0n) is 3.83. The molecule has 0 radical (unpaired) electrons. The van der Waals surface area contributed by atoms with E-state index in [1.807, 2.05) is 0 Å². The summed E-state index contributed by atoms with van der Waals surface area (Å²) in [6, 6.07) is 0. The molecule has 1 nitrogen and oxygen atoms in total. The zero-order chi connectivity index (χ0) is 5.15. The molecule has 0 unspecified atom stereocenters. The van der Waals surface area contributed by atoms with Gasteiger partial charge in [-0.2, -0.15) is 0 Å². The van der Waals surface area contributed by atoms with Crippen LogP contribution in [0.4, 0.5) is 0 Å². The van der Waals surface area contributed by atoms with Crippen LogP contribution < -0.4 is 0 Å². The Balaban J connectivity index is 3.68. The van der Waals surface area contributed by atoms with Crippen molar-refractivity contribution >= 4 is 15.9 Å². The molecule has 0 bridgehead atoms. The first-order chi connectivity index (χ1) is 2.64. The highest BCUT2D eigenvalue weighted by molar-refractivity contribution is 9.11.